The van der Waals surface area contributed by atoms with E-state index in [-0.39, 0.29) is 6.42 Å². The van der Waals surface area contributed by atoms with Crippen molar-refractivity contribution >= 4 is 10.0 Å². The van der Waals surface area contributed by atoms with E-state index >= 15 is 0 Å². The topological polar surface area (TPSA) is 60.2 Å². The van der Waals surface area contributed by atoms with Crippen LogP contribution in [0, 0.1) is 5.92 Å². The SMILES string of the molecule is CC(C)(C[C@H](c1ccccc1)C(CF)CF)S(N)(=O)=O. The van der Waals surface area contributed by atoms with E-state index in [4.69, 9.17) is 5.14 Å². The molecule has 1 rings (SSSR count). The number of nitrogens with two attached hydrogens (primary N) is 1. The number of alkyl halides is 2. The van der Waals surface area contributed by atoms with Gasteiger partial charge in [-0.1, -0.05) is 30.3 Å². The molecule has 0 unspecified atom stereocenters. The summed E-state index contributed by atoms with van der Waals surface area (Å²) in [5.41, 5.74) is 0.726. The van der Waals surface area contributed by atoms with Crippen LogP contribution < -0.4 is 5.14 Å². The molecule has 0 radical (unpaired) electrons. The largest absolute Gasteiger partial charge is 0.251 e. The Labute approximate surface area is 119 Å². The van der Waals surface area contributed by atoms with E-state index in [1.54, 1.807) is 30.3 Å². The monoisotopic (exact) mass is 305 g/mol. The predicted molar refractivity (Wildman–Crippen MR) is 76.4 cm³/mol. The van der Waals surface area contributed by atoms with Gasteiger partial charge in [-0.2, -0.15) is 0 Å². The van der Waals surface area contributed by atoms with Crippen LogP contribution in [0.25, 0.3) is 0 Å². The van der Waals surface area contributed by atoms with Crippen LogP contribution in [0.5, 0.6) is 0 Å². The lowest BCUT2D eigenvalue weighted by atomic mass is 9.81. The summed E-state index contributed by atoms with van der Waals surface area (Å²) in [6.07, 6.45) is 0.0777. The maximum Gasteiger partial charge on any atom is 0.214 e. The lowest BCUT2D eigenvalue weighted by Gasteiger charge is -2.31. The highest BCUT2D eigenvalue weighted by Gasteiger charge is 2.37. The van der Waals surface area contributed by atoms with Gasteiger partial charge < -0.3 is 0 Å². The Bertz CT molecular complexity index is 513. The van der Waals surface area contributed by atoms with E-state index in [0.29, 0.717) is 0 Å². The average Bonchev–Trinajstić information content (AvgIpc) is 2.38. The van der Waals surface area contributed by atoms with Crippen molar-refractivity contribution in [1.82, 2.24) is 0 Å². The minimum Gasteiger partial charge on any atom is -0.251 e. The first kappa shape index (κ1) is 17.0. The van der Waals surface area contributed by atoms with Gasteiger partial charge in [0.2, 0.25) is 10.0 Å². The van der Waals surface area contributed by atoms with Crippen LogP contribution in [0.3, 0.4) is 0 Å². The summed E-state index contributed by atoms with van der Waals surface area (Å²) in [6.45, 7) is 1.28. The highest BCUT2D eigenvalue weighted by Crippen LogP contribution is 2.36. The van der Waals surface area contributed by atoms with E-state index < -0.39 is 40.0 Å². The molecular formula is C14H21F2NO2S. The van der Waals surface area contributed by atoms with Gasteiger partial charge in [0.1, 0.15) is 0 Å². The van der Waals surface area contributed by atoms with Crippen LogP contribution >= 0.6 is 0 Å². The fourth-order valence-electron chi connectivity index (χ4n) is 2.16. The molecule has 0 aliphatic carbocycles. The Balaban J connectivity index is 3.13. The van der Waals surface area contributed by atoms with Crippen molar-refractivity contribution in [2.45, 2.75) is 30.9 Å². The lowest BCUT2D eigenvalue weighted by Crippen LogP contribution is -2.40. The molecule has 2 N–H and O–H groups in total. The smallest absolute Gasteiger partial charge is 0.214 e. The fraction of sp³-hybridized carbons (Fsp3) is 0.571. The molecule has 0 spiro atoms. The number of hydrogen-bond donors (Lipinski definition) is 1. The van der Waals surface area contributed by atoms with E-state index in [2.05, 4.69) is 0 Å². The first-order valence-electron chi connectivity index (χ1n) is 6.42. The molecule has 3 nitrogen and oxygen atoms in total. The van der Waals surface area contributed by atoms with Crippen LogP contribution in [0.2, 0.25) is 0 Å². The summed E-state index contributed by atoms with van der Waals surface area (Å²) in [6, 6.07) is 8.83. The zero-order valence-corrected chi connectivity index (χ0v) is 12.5. The second kappa shape index (κ2) is 6.63. The number of primary sulfonamides is 1. The molecule has 0 saturated heterocycles. The molecule has 0 fully saturated rings. The minimum atomic E-state index is -3.80. The number of benzene rings is 1. The van der Waals surface area contributed by atoms with E-state index in [1.807, 2.05) is 0 Å². The standard InChI is InChI=1S/C14H21F2NO2S/c1-14(2,20(17,18)19)8-13(12(9-15)10-16)11-6-4-3-5-7-11/h3-7,12-13H,8-10H2,1-2H3,(H2,17,18,19)/t13-/m1/s1. The van der Waals surface area contributed by atoms with Crippen molar-refractivity contribution in [3.63, 3.8) is 0 Å². The summed E-state index contributed by atoms with van der Waals surface area (Å²) >= 11 is 0. The zero-order valence-electron chi connectivity index (χ0n) is 11.7. The molecule has 0 amide bonds. The Kier molecular flexibility index (Phi) is 5.65. The molecule has 0 heterocycles. The lowest BCUT2D eigenvalue weighted by molar-refractivity contribution is 0.236. The summed E-state index contributed by atoms with van der Waals surface area (Å²) < 4.78 is 48.1. The number of hydrogen-bond acceptors (Lipinski definition) is 2. The highest BCUT2D eigenvalue weighted by atomic mass is 32.2. The van der Waals surface area contributed by atoms with Crippen LogP contribution in [-0.2, 0) is 10.0 Å². The molecule has 1 atom stereocenters. The molecule has 20 heavy (non-hydrogen) atoms. The quantitative estimate of drug-likeness (QED) is 0.842. The molecule has 0 aliphatic heterocycles. The number of rotatable bonds is 7. The van der Waals surface area contributed by atoms with Gasteiger partial charge in [-0.3, -0.25) is 8.78 Å². The van der Waals surface area contributed by atoms with Gasteiger partial charge in [-0.25, -0.2) is 13.6 Å². The van der Waals surface area contributed by atoms with Crippen molar-refractivity contribution in [2.24, 2.45) is 11.1 Å². The first-order chi connectivity index (χ1) is 9.23. The average molecular weight is 305 g/mol. The van der Waals surface area contributed by atoms with Gasteiger partial charge >= 0.3 is 0 Å². The van der Waals surface area contributed by atoms with Gasteiger partial charge in [0.05, 0.1) is 18.1 Å². The molecular weight excluding hydrogens is 284 g/mol. The number of halogens is 2. The van der Waals surface area contributed by atoms with Crippen molar-refractivity contribution < 1.29 is 17.2 Å². The highest BCUT2D eigenvalue weighted by molar-refractivity contribution is 7.90. The van der Waals surface area contributed by atoms with Gasteiger partial charge in [0.15, 0.2) is 0 Å². The third-order valence-corrected chi connectivity index (χ3v) is 5.38. The minimum absolute atomic E-state index is 0.0777. The van der Waals surface area contributed by atoms with Crippen molar-refractivity contribution in [2.75, 3.05) is 13.3 Å². The maximum absolute atomic E-state index is 13.0. The van der Waals surface area contributed by atoms with Crippen molar-refractivity contribution in [3.05, 3.63) is 35.9 Å². The Morgan fingerprint density at radius 1 is 1.15 bits per heavy atom. The van der Waals surface area contributed by atoms with E-state index in [1.165, 1.54) is 13.8 Å². The summed E-state index contributed by atoms with van der Waals surface area (Å²) in [7, 11) is -3.80. The molecule has 1 aromatic rings. The van der Waals surface area contributed by atoms with E-state index in [9.17, 15) is 17.2 Å². The third kappa shape index (κ3) is 3.99. The Hall–Kier alpha value is -1.01. The van der Waals surface area contributed by atoms with Crippen LogP contribution in [0.15, 0.2) is 30.3 Å². The third-order valence-electron chi connectivity index (χ3n) is 3.67. The van der Waals surface area contributed by atoms with Gasteiger partial charge in [-0.05, 0) is 31.7 Å². The van der Waals surface area contributed by atoms with E-state index in [0.717, 1.165) is 5.56 Å². The zero-order chi connectivity index (χ0) is 15.4. The number of sulfonamides is 1. The van der Waals surface area contributed by atoms with Gasteiger partial charge in [0.25, 0.3) is 0 Å². The summed E-state index contributed by atoms with van der Waals surface area (Å²) in [5, 5.41) is 5.21. The molecule has 0 aromatic heterocycles. The Morgan fingerprint density at radius 2 is 1.65 bits per heavy atom. The Morgan fingerprint density at radius 3 is 2.05 bits per heavy atom. The van der Waals surface area contributed by atoms with Crippen LogP contribution in [-0.4, -0.2) is 26.5 Å². The predicted octanol–water partition coefficient (Wildman–Crippen LogP) is 2.78. The first-order valence-corrected chi connectivity index (χ1v) is 7.96. The fourth-order valence-corrected chi connectivity index (χ4v) is 2.57. The molecule has 0 aliphatic rings. The molecule has 114 valence electrons. The maximum atomic E-state index is 13.0. The van der Waals surface area contributed by atoms with Crippen LogP contribution in [0.1, 0.15) is 31.7 Å². The molecule has 0 saturated carbocycles. The van der Waals surface area contributed by atoms with Gasteiger partial charge in [0, 0.05) is 5.92 Å². The second-order valence-corrected chi connectivity index (χ2v) is 7.79. The molecule has 6 heteroatoms. The normalized spacial score (nSPS) is 14.5. The second-order valence-electron chi connectivity index (χ2n) is 5.59. The molecule has 1 aromatic carbocycles. The van der Waals surface area contributed by atoms with Crippen LogP contribution in [0.4, 0.5) is 8.78 Å². The van der Waals surface area contributed by atoms with Gasteiger partial charge in [-0.15, -0.1) is 0 Å². The summed E-state index contributed by atoms with van der Waals surface area (Å²) in [5.74, 6) is -1.39. The van der Waals surface area contributed by atoms with Crippen molar-refractivity contribution in [3.8, 4) is 0 Å². The molecule has 0 bridgehead atoms. The summed E-state index contributed by atoms with van der Waals surface area (Å²) in [4.78, 5) is 0. The van der Waals surface area contributed by atoms with Crippen molar-refractivity contribution in [1.29, 1.82) is 0 Å².